The van der Waals surface area contributed by atoms with Gasteiger partial charge in [0.15, 0.2) is 0 Å². The Morgan fingerprint density at radius 1 is 0.333 bits per heavy atom. The Bertz CT molecular complexity index is 1770. The Labute approximate surface area is 469 Å². The molecule has 2 aromatic carbocycles. The third-order valence-corrected chi connectivity index (χ3v) is 15.6. The van der Waals surface area contributed by atoms with Crippen LogP contribution >= 0.6 is 0 Å². The van der Waals surface area contributed by atoms with E-state index in [1.54, 1.807) is 0 Å². The molecule has 2 nitrogen and oxygen atoms in total. The molecule has 0 N–H and O–H groups in total. The summed E-state index contributed by atoms with van der Waals surface area (Å²) in [6, 6.07) is 15.4. The average Bonchev–Trinajstić information content (AvgIpc) is 3.42. The monoisotopic (exact) mass is 1030 g/mol. The SMILES string of the molecule is CCCCCCCCCCCCCCCCCCCCCCC#CC(=Nc1ccc(CCC)c(CCC)c1)C(CCCCC)=Nc1cccc(C#CCCCCCCCCCCCCCCCCCCCCCC)c1. The normalized spacial score (nSPS) is 11.7. The largest absolute Gasteiger partial charge is 0.250 e. The van der Waals surface area contributed by atoms with Crippen LogP contribution in [-0.4, -0.2) is 11.4 Å². The molecule has 0 heterocycles. The number of unbranched alkanes of at least 4 members (excludes halogenated alkanes) is 42. The highest BCUT2D eigenvalue weighted by atomic mass is 14.8. The van der Waals surface area contributed by atoms with Crippen molar-refractivity contribution in [3.63, 3.8) is 0 Å². The van der Waals surface area contributed by atoms with E-state index in [2.05, 4.69) is 101 Å². The highest BCUT2D eigenvalue weighted by Crippen LogP contribution is 2.24. The highest BCUT2D eigenvalue weighted by molar-refractivity contribution is 6.49. The maximum Gasteiger partial charge on any atom is 0.135 e. The molecule has 75 heavy (non-hydrogen) atoms. The highest BCUT2D eigenvalue weighted by Gasteiger charge is 2.11. The number of benzene rings is 2. The number of rotatable bonds is 51. The standard InChI is InChI=1S/C73H122N2/c1-6-11-14-16-18-20-22-24-26-28-30-32-34-36-38-40-42-44-46-48-50-53-58-67-59-55-60-70(65-67)74-72(61-52-13-8-3)73(75-71-64-63-68(56-9-4)69(66-71)57-10-5)62-54-51-49-47-45-43-41-39-37-35-33-31-29-27-25-23-21-19-17-15-12-7-2/h55,59-60,63-66H,6-52,56-57,61H2,1-5H3. The number of hydrogen-bond acceptors (Lipinski definition) is 2. The van der Waals surface area contributed by atoms with E-state index in [-0.39, 0.29) is 0 Å². The van der Waals surface area contributed by atoms with Crippen LogP contribution in [0.15, 0.2) is 52.4 Å². The summed E-state index contributed by atoms with van der Waals surface area (Å²) in [6.45, 7) is 11.5. The maximum absolute atomic E-state index is 5.36. The van der Waals surface area contributed by atoms with Gasteiger partial charge in [-0.05, 0) is 85.9 Å². The molecule has 0 aromatic heterocycles. The third-order valence-electron chi connectivity index (χ3n) is 15.6. The molecule has 0 unspecified atom stereocenters. The molecular weight excluding hydrogens is 905 g/mol. The summed E-state index contributed by atoms with van der Waals surface area (Å²) in [4.78, 5) is 10.7. The lowest BCUT2D eigenvalue weighted by atomic mass is 9.99. The molecule has 0 atom stereocenters. The van der Waals surface area contributed by atoms with Crippen LogP contribution in [0.4, 0.5) is 11.4 Å². The first-order valence-corrected chi connectivity index (χ1v) is 33.5. The molecule has 0 aliphatic rings. The van der Waals surface area contributed by atoms with Crippen LogP contribution in [0.3, 0.4) is 0 Å². The first-order valence-electron chi connectivity index (χ1n) is 33.5. The fourth-order valence-electron chi connectivity index (χ4n) is 10.8. The van der Waals surface area contributed by atoms with Crippen molar-refractivity contribution >= 4 is 22.8 Å². The van der Waals surface area contributed by atoms with E-state index in [0.29, 0.717) is 0 Å². The molecule has 0 radical (unpaired) electrons. The van der Waals surface area contributed by atoms with Crippen molar-refractivity contribution in [3.8, 4) is 23.7 Å². The number of hydrogen-bond donors (Lipinski definition) is 0. The molecule has 0 aliphatic carbocycles. The molecule has 2 aromatic rings. The molecule has 0 aliphatic heterocycles. The van der Waals surface area contributed by atoms with Gasteiger partial charge in [-0.15, -0.1) is 0 Å². The minimum Gasteiger partial charge on any atom is -0.250 e. The van der Waals surface area contributed by atoms with Crippen LogP contribution in [0.2, 0.25) is 0 Å². The lowest BCUT2D eigenvalue weighted by Gasteiger charge is -2.11. The zero-order valence-corrected chi connectivity index (χ0v) is 50.8. The van der Waals surface area contributed by atoms with Gasteiger partial charge >= 0.3 is 0 Å². The second-order valence-corrected chi connectivity index (χ2v) is 23.0. The van der Waals surface area contributed by atoms with Crippen molar-refractivity contribution in [1.82, 2.24) is 0 Å². The summed E-state index contributed by atoms with van der Waals surface area (Å²) in [5.74, 6) is 14.2. The summed E-state index contributed by atoms with van der Waals surface area (Å²) < 4.78 is 0. The number of nitrogens with zero attached hydrogens (tertiary/aromatic N) is 2. The van der Waals surface area contributed by atoms with Gasteiger partial charge in [-0.25, -0.2) is 4.99 Å². The molecule has 0 spiro atoms. The first-order chi connectivity index (χ1) is 37.1. The van der Waals surface area contributed by atoms with Crippen LogP contribution in [-0.2, 0) is 12.8 Å². The van der Waals surface area contributed by atoms with Gasteiger partial charge in [0.1, 0.15) is 5.71 Å². The van der Waals surface area contributed by atoms with Crippen LogP contribution in [0.1, 0.15) is 360 Å². The Morgan fingerprint density at radius 3 is 1.13 bits per heavy atom. The number of aliphatic imine (C=N–C) groups is 2. The molecule has 0 bridgehead atoms. The van der Waals surface area contributed by atoms with Gasteiger partial charge in [0.05, 0.1) is 17.1 Å². The second-order valence-electron chi connectivity index (χ2n) is 23.0. The average molecular weight is 1030 g/mol. The Kier molecular flexibility index (Phi) is 48.0. The van der Waals surface area contributed by atoms with Crippen molar-refractivity contribution in [3.05, 3.63) is 59.2 Å². The summed E-state index contributed by atoms with van der Waals surface area (Å²) in [7, 11) is 0. The fraction of sp³-hybridized carbons (Fsp3) is 0.753. The molecule has 0 fully saturated rings. The van der Waals surface area contributed by atoms with Crippen molar-refractivity contribution < 1.29 is 0 Å². The predicted molar refractivity (Wildman–Crippen MR) is 339 cm³/mol. The van der Waals surface area contributed by atoms with Gasteiger partial charge in [-0.3, -0.25) is 4.99 Å². The maximum atomic E-state index is 5.36. The quantitative estimate of drug-likeness (QED) is 0.0358. The number of aryl methyl sites for hydroxylation is 2. The van der Waals surface area contributed by atoms with E-state index < -0.39 is 0 Å². The van der Waals surface area contributed by atoms with E-state index in [0.717, 1.165) is 86.1 Å². The van der Waals surface area contributed by atoms with Crippen molar-refractivity contribution in [1.29, 1.82) is 0 Å². The van der Waals surface area contributed by atoms with Gasteiger partial charge in [0.25, 0.3) is 0 Å². The van der Waals surface area contributed by atoms with Crippen molar-refractivity contribution in [2.24, 2.45) is 9.98 Å². The summed E-state index contributed by atoms with van der Waals surface area (Å²) in [5, 5.41) is 0. The smallest absolute Gasteiger partial charge is 0.135 e. The predicted octanol–water partition coefficient (Wildman–Crippen LogP) is 24.8. The van der Waals surface area contributed by atoms with Crippen LogP contribution in [0.5, 0.6) is 0 Å². The first kappa shape index (κ1) is 68.0. The minimum atomic E-state index is 0.848. The fourth-order valence-corrected chi connectivity index (χ4v) is 10.8. The van der Waals surface area contributed by atoms with E-state index in [1.165, 1.54) is 274 Å². The van der Waals surface area contributed by atoms with E-state index in [9.17, 15) is 0 Å². The Hall–Kier alpha value is -3.10. The molecule has 0 saturated heterocycles. The van der Waals surface area contributed by atoms with Crippen LogP contribution in [0, 0.1) is 23.7 Å². The van der Waals surface area contributed by atoms with Gasteiger partial charge in [-0.2, -0.15) is 0 Å². The molecule has 0 amide bonds. The summed E-state index contributed by atoms with van der Waals surface area (Å²) in [6.07, 6.45) is 67.1. The Morgan fingerprint density at radius 2 is 0.707 bits per heavy atom. The third kappa shape index (κ3) is 40.7. The second kappa shape index (κ2) is 52.9. The zero-order valence-electron chi connectivity index (χ0n) is 50.8. The summed E-state index contributed by atoms with van der Waals surface area (Å²) >= 11 is 0. The lowest BCUT2D eigenvalue weighted by molar-refractivity contribution is 0.522. The lowest BCUT2D eigenvalue weighted by Crippen LogP contribution is -2.12. The molecule has 424 valence electrons. The topological polar surface area (TPSA) is 24.7 Å². The zero-order chi connectivity index (χ0) is 53.6. The van der Waals surface area contributed by atoms with Crippen molar-refractivity contribution in [2.45, 2.75) is 356 Å². The van der Waals surface area contributed by atoms with Crippen LogP contribution < -0.4 is 0 Å². The molecule has 2 heteroatoms. The van der Waals surface area contributed by atoms with Gasteiger partial charge in [0, 0.05) is 18.4 Å². The van der Waals surface area contributed by atoms with Crippen molar-refractivity contribution in [2.75, 3.05) is 0 Å². The van der Waals surface area contributed by atoms with E-state index in [1.807, 2.05) is 0 Å². The van der Waals surface area contributed by atoms with Crippen LogP contribution in [0.25, 0.3) is 0 Å². The Balaban J connectivity index is 1.85. The molecule has 0 saturated carbocycles. The summed E-state index contributed by atoms with van der Waals surface area (Å²) in [5.41, 5.74) is 7.78. The molecular formula is C73H122N2. The van der Waals surface area contributed by atoms with Gasteiger partial charge < -0.3 is 0 Å². The molecule has 2 rings (SSSR count). The van der Waals surface area contributed by atoms with Gasteiger partial charge in [-0.1, -0.05) is 334 Å². The minimum absolute atomic E-state index is 0.848. The van der Waals surface area contributed by atoms with Gasteiger partial charge in [0.2, 0.25) is 0 Å². The van der Waals surface area contributed by atoms with E-state index >= 15 is 0 Å². The van der Waals surface area contributed by atoms with E-state index in [4.69, 9.17) is 9.98 Å².